The van der Waals surface area contributed by atoms with Gasteiger partial charge in [0.05, 0.1) is 4.92 Å². The number of anilines is 2. The summed E-state index contributed by atoms with van der Waals surface area (Å²) >= 11 is 0. The first kappa shape index (κ1) is 18.1. The van der Waals surface area contributed by atoms with E-state index in [1.54, 1.807) is 12.1 Å². The van der Waals surface area contributed by atoms with Gasteiger partial charge in [-0.15, -0.1) is 0 Å². The van der Waals surface area contributed by atoms with Crippen molar-refractivity contribution in [2.75, 3.05) is 36.0 Å². The highest BCUT2D eigenvalue weighted by molar-refractivity contribution is 5.86. The summed E-state index contributed by atoms with van der Waals surface area (Å²) in [5.41, 5.74) is 2.00. The highest BCUT2D eigenvalue weighted by Crippen LogP contribution is 2.26. The molecule has 1 aliphatic rings. The molecule has 0 unspecified atom stereocenters. The third kappa shape index (κ3) is 3.43. The van der Waals surface area contributed by atoms with E-state index in [4.69, 9.17) is 4.52 Å². The number of hydrogen-bond donors (Lipinski definition) is 0. The summed E-state index contributed by atoms with van der Waals surface area (Å²) in [5.74, 6) is 0.577. The summed E-state index contributed by atoms with van der Waals surface area (Å²) in [5, 5.41) is 17.3. The molecular weight excluding hydrogens is 382 g/mol. The fourth-order valence-electron chi connectivity index (χ4n) is 3.73. The maximum Gasteiger partial charge on any atom is 0.324 e. The van der Waals surface area contributed by atoms with Crippen LogP contribution in [0.1, 0.15) is 0 Å². The van der Waals surface area contributed by atoms with Gasteiger partial charge in [0.25, 0.3) is 5.69 Å². The zero-order valence-corrected chi connectivity index (χ0v) is 16.1. The number of piperazine rings is 1. The monoisotopic (exact) mass is 401 g/mol. The van der Waals surface area contributed by atoms with Crippen molar-refractivity contribution in [1.82, 2.24) is 10.1 Å². The summed E-state index contributed by atoms with van der Waals surface area (Å²) < 4.78 is 5.52. The van der Waals surface area contributed by atoms with Crippen molar-refractivity contribution in [3.63, 3.8) is 0 Å². The van der Waals surface area contributed by atoms with E-state index in [1.165, 1.54) is 17.5 Å². The van der Waals surface area contributed by atoms with Crippen molar-refractivity contribution >= 4 is 28.2 Å². The minimum absolute atomic E-state index is 0.101. The standard InChI is InChI=1S/C22H19N5O3/c28-27(29)20-9-7-19(8-10-20)25-11-13-26(14-12-25)22-23-21(24-30-22)18-6-5-16-3-1-2-4-17(16)15-18/h1-10,15H,11-14H2. The van der Waals surface area contributed by atoms with Gasteiger partial charge < -0.3 is 14.3 Å². The van der Waals surface area contributed by atoms with Crippen LogP contribution in [-0.2, 0) is 0 Å². The zero-order chi connectivity index (χ0) is 20.5. The smallest absolute Gasteiger partial charge is 0.324 e. The quantitative estimate of drug-likeness (QED) is 0.375. The Hall–Kier alpha value is -3.94. The van der Waals surface area contributed by atoms with Crippen LogP contribution >= 0.6 is 0 Å². The van der Waals surface area contributed by atoms with E-state index in [0.717, 1.165) is 42.8 Å². The molecule has 30 heavy (non-hydrogen) atoms. The molecule has 1 aliphatic heterocycles. The molecule has 3 aromatic carbocycles. The fraction of sp³-hybridized carbons (Fsp3) is 0.182. The van der Waals surface area contributed by atoms with Crippen molar-refractivity contribution in [3.8, 4) is 11.4 Å². The molecule has 5 rings (SSSR count). The van der Waals surface area contributed by atoms with E-state index in [2.05, 4.69) is 44.2 Å². The Morgan fingerprint density at radius 2 is 1.57 bits per heavy atom. The lowest BCUT2D eigenvalue weighted by Gasteiger charge is -2.34. The molecule has 0 amide bonds. The fourth-order valence-corrected chi connectivity index (χ4v) is 3.73. The predicted octanol–water partition coefficient (Wildman–Crippen LogP) is 4.12. The van der Waals surface area contributed by atoms with Gasteiger partial charge in [0.2, 0.25) is 5.82 Å². The minimum Gasteiger partial charge on any atom is -0.368 e. The van der Waals surface area contributed by atoms with Gasteiger partial charge in [0.1, 0.15) is 0 Å². The van der Waals surface area contributed by atoms with Gasteiger partial charge in [-0.2, -0.15) is 4.98 Å². The number of rotatable bonds is 4. The van der Waals surface area contributed by atoms with Gasteiger partial charge >= 0.3 is 6.01 Å². The molecule has 4 aromatic rings. The van der Waals surface area contributed by atoms with Crippen LogP contribution in [0.15, 0.2) is 71.3 Å². The van der Waals surface area contributed by atoms with Crippen molar-refractivity contribution in [1.29, 1.82) is 0 Å². The van der Waals surface area contributed by atoms with Gasteiger partial charge in [0.15, 0.2) is 0 Å². The van der Waals surface area contributed by atoms with Crippen LogP contribution in [0.5, 0.6) is 0 Å². The molecule has 0 bridgehead atoms. The van der Waals surface area contributed by atoms with Crippen LogP contribution in [0.4, 0.5) is 17.4 Å². The number of aromatic nitrogens is 2. The van der Waals surface area contributed by atoms with E-state index in [9.17, 15) is 10.1 Å². The average Bonchev–Trinajstić information content (AvgIpc) is 3.29. The lowest BCUT2D eigenvalue weighted by atomic mass is 10.1. The van der Waals surface area contributed by atoms with E-state index in [0.29, 0.717) is 11.8 Å². The van der Waals surface area contributed by atoms with Gasteiger partial charge in [0, 0.05) is 49.6 Å². The number of fused-ring (bicyclic) bond motifs is 1. The first-order chi connectivity index (χ1) is 14.7. The molecule has 0 radical (unpaired) electrons. The molecule has 150 valence electrons. The summed E-state index contributed by atoms with van der Waals surface area (Å²) in [4.78, 5) is 19.3. The van der Waals surface area contributed by atoms with Crippen molar-refractivity contribution < 1.29 is 9.45 Å². The Morgan fingerprint density at radius 1 is 0.867 bits per heavy atom. The second kappa shape index (κ2) is 7.47. The largest absolute Gasteiger partial charge is 0.368 e. The van der Waals surface area contributed by atoms with Gasteiger partial charge in [-0.05, 0) is 29.0 Å². The van der Waals surface area contributed by atoms with Crippen LogP contribution in [0.2, 0.25) is 0 Å². The Labute approximate surface area is 172 Å². The number of nitro benzene ring substituents is 1. The first-order valence-electron chi connectivity index (χ1n) is 9.75. The maximum absolute atomic E-state index is 10.8. The van der Waals surface area contributed by atoms with E-state index in [-0.39, 0.29) is 10.6 Å². The third-order valence-corrected chi connectivity index (χ3v) is 5.40. The summed E-state index contributed by atoms with van der Waals surface area (Å²) in [6.07, 6.45) is 0. The molecule has 0 aliphatic carbocycles. The molecule has 0 saturated carbocycles. The molecule has 1 saturated heterocycles. The number of hydrogen-bond acceptors (Lipinski definition) is 7. The van der Waals surface area contributed by atoms with Crippen LogP contribution in [0.3, 0.4) is 0 Å². The Bertz CT molecular complexity index is 1200. The highest BCUT2D eigenvalue weighted by atomic mass is 16.6. The highest BCUT2D eigenvalue weighted by Gasteiger charge is 2.22. The molecule has 8 heteroatoms. The summed E-state index contributed by atoms with van der Waals surface area (Å²) in [7, 11) is 0. The van der Waals surface area contributed by atoms with Crippen LogP contribution in [-0.4, -0.2) is 41.2 Å². The number of nitrogens with zero attached hydrogens (tertiary/aromatic N) is 5. The average molecular weight is 401 g/mol. The Kier molecular flexibility index (Phi) is 4.51. The second-order valence-electron chi connectivity index (χ2n) is 7.21. The van der Waals surface area contributed by atoms with Crippen LogP contribution < -0.4 is 9.80 Å². The molecule has 0 spiro atoms. The molecule has 2 heterocycles. The molecule has 0 N–H and O–H groups in total. The van der Waals surface area contributed by atoms with E-state index >= 15 is 0 Å². The van der Waals surface area contributed by atoms with E-state index in [1.807, 2.05) is 18.2 Å². The molecular formula is C22H19N5O3. The summed E-state index contributed by atoms with van der Waals surface area (Å²) in [6, 6.07) is 21.5. The SMILES string of the molecule is O=[N+]([O-])c1ccc(N2CCN(c3nc(-c4ccc5ccccc5c4)no3)CC2)cc1. The first-order valence-corrected chi connectivity index (χ1v) is 9.75. The van der Waals surface area contributed by atoms with Gasteiger partial charge in [-0.25, -0.2) is 0 Å². The van der Waals surface area contributed by atoms with Gasteiger partial charge in [-0.1, -0.05) is 41.6 Å². The van der Waals surface area contributed by atoms with Crippen molar-refractivity contribution in [2.45, 2.75) is 0 Å². The van der Waals surface area contributed by atoms with Crippen molar-refractivity contribution in [2.24, 2.45) is 0 Å². The number of nitro groups is 1. The molecule has 8 nitrogen and oxygen atoms in total. The molecule has 0 atom stereocenters. The van der Waals surface area contributed by atoms with Crippen molar-refractivity contribution in [3.05, 3.63) is 76.8 Å². The number of non-ortho nitro benzene ring substituents is 1. The maximum atomic E-state index is 10.8. The zero-order valence-electron chi connectivity index (χ0n) is 16.1. The Balaban J connectivity index is 1.27. The van der Waals surface area contributed by atoms with E-state index < -0.39 is 0 Å². The van der Waals surface area contributed by atoms with Crippen LogP contribution in [0, 0.1) is 10.1 Å². The molecule has 1 fully saturated rings. The second-order valence-corrected chi connectivity index (χ2v) is 7.21. The topological polar surface area (TPSA) is 88.5 Å². The third-order valence-electron chi connectivity index (χ3n) is 5.40. The van der Waals surface area contributed by atoms with Gasteiger partial charge in [-0.3, -0.25) is 10.1 Å². The minimum atomic E-state index is -0.385. The Morgan fingerprint density at radius 3 is 2.30 bits per heavy atom. The lowest BCUT2D eigenvalue weighted by molar-refractivity contribution is -0.384. The molecule has 1 aromatic heterocycles. The number of benzene rings is 3. The summed E-state index contributed by atoms with van der Waals surface area (Å²) in [6.45, 7) is 3.00. The lowest BCUT2D eigenvalue weighted by Crippen LogP contribution is -2.46. The predicted molar refractivity (Wildman–Crippen MR) is 115 cm³/mol. The normalized spacial score (nSPS) is 14.3. The van der Waals surface area contributed by atoms with Crippen LogP contribution in [0.25, 0.3) is 22.2 Å².